The Kier molecular flexibility index (Phi) is 6.98. The summed E-state index contributed by atoms with van der Waals surface area (Å²) in [6.07, 6.45) is 8.52. The van der Waals surface area contributed by atoms with Gasteiger partial charge in [0.2, 0.25) is 5.91 Å². The van der Waals surface area contributed by atoms with E-state index in [9.17, 15) is 9.18 Å². The number of carbonyl (C=O) groups is 1. The molecule has 0 bridgehead atoms. The molecule has 0 spiro atoms. The number of anilines is 1. The van der Waals surface area contributed by atoms with E-state index in [0.29, 0.717) is 11.4 Å². The molecule has 1 unspecified atom stereocenters. The van der Waals surface area contributed by atoms with Gasteiger partial charge in [-0.25, -0.2) is 4.39 Å². The van der Waals surface area contributed by atoms with Crippen molar-refractivity contribution in [3.05, 3.63) is 83.7 Å². The second-order valence-electron chi connectivity index (χ2n) is 6.65. The quantitative estimate of drug-likeness (QED) is 0.685. The van der Waals surface area contributed by atoms with Gasteiger partial charge in [-0.2, -0.15) is 0 Å². The van der Waals surface area contributed by atoms with Gasteiger partial charge in [-0.3, -0.25) is 4.79 Å². The van der Waals surface area contributed by atoms with E-state index >= 15 is 0 Å². The van der Waals surface area contributed by atoms with Crippen molar-refractivity contribution in [3.8, 4) is 5.75 Å². The highest BCUT2D eigenvalue weighted by Gasteiger charge is 2.12. The summed E-state index contributed by atoms with van der Waals surface area (Å²) in [5, 5.41) is 2.85. The molecular weight excluding hydrogens is 357 g/mol. The highest BCUT2D eigenvalue weighted by atomic mass is 19.1. The molecule has 0 aromatic heterocycles. The number of hydrogen-bond acceptors (Lipinski definition) is 3. The normalized spacial score (nSPS) is 16.6. The second kappa shape index (κ2) is 9.85. The van der Waals surface area contributed by atoms with Gasteiger partial charge in [0.1, 0.15) is 18.2 Å². The maximum Gasteiger partial charge on any atom is 0.248 e. The van der Waals surface area contributed by atoms with Crippen molar-refractivity contribution in [2.24, 2.45) is 0 Å². The average molecular weight is 381 g/mol. The SMILES string of the molecule is COC1CC=C(/C=C/C(=O)Nc2ccccc2OCc2ccc(F)cc2)CC1. The van der Waals surface area contributed by atoms with Crippen molar-refractivity contribution < 1.29 is 18.7 Å². The summed E-state index contributed by atoms with van der Waals surface area (Å²) < 4.78 is 24.1. The van der Waals surface area contributed by atoms with Gasteiger partial charge in [0.15, 0.2) is 0 Å². The fraction of sp³-hybridized carbons (Fsp3) is 0.261. The first-order valence-corrected chi connectivity index (χ1v) is 9.31. The predicted molar refractivity (Wildman–Crippen MR) is 108 cm³/mol. The van der Waals surface area contributed by atoms with Gasteiger partial charge in [0.05, 0.1) is 11.8 Å². The summed E-state index contributed by atoms with van der Waals surface area (Å²) in [6.45, 7) is 0.288. The number of carbonyl (C=O) groups excluding carboxylic acids is 1. The van der Waals surface area contributed by atoms with E-state index in [1.54, 1.807) is 31.4 Å². The van der Waals surface area contributed by atoms with Gasteiger partial charge in [-0.1, -0.05) is 42.0 Å². The van der Waals surface area contributed by atoms with Crippen molar-refractivity contribution in [3.63, 3.8) is 0 Å². The number of nitrogens with one attached hydrogen (secondary N) is 1. The lowest BCUT2D eigenvalue weighted by Gasteiger charge is -2.18. The molecule has 0 saturated heterocycles. The molecule has 1 N–H and O–H groups in total. The largest absolute Gasteiger partial charge is 0.487 e. The third kappa shape index (κ3) is 5.79. The number of halogens is 1. The number of hydrogen-bond donors (Lipinski definition) is 1. The van der Waals surface area contributed by atoms with Crippen LogP contribution < -0.4 is 10.1 Å². The van der Waals surface area contributed by atoms with Crippen LogP contribution in [0.25, 0.3) is 0 Å². The van der Waals surface area contributed by atoms with E-state index in [2.05, 4.69) is 11.4 Å². The molecule has 2 aromatic carbocycles. The summed E-state index contributed by atoms with van der Waals surface area (Å²) in [7, 11) is 1.72. The van der Waals surface area contributed by atoms with E-state index in [1.165, 1.54) is 18.2 Å². The Balaban J connectivity index is 1.58. The van der Waals surface area contributed by atoms with Crippen molar-refractivity contribution in [1.29, 1.82) is 0 Å². The predicted octanol–water partition coefficient (Wildman–Crippen LogP) is 5.02. The molecule has 0 heterocycles. The van der Waals surface area contributed by atoms with Gasteiger partial charge < -0.3 is 14.8 Å². The molecule has 0 radical (unpaired) electrons. The summed E-state index contributed by atoms with van der Waals surface area (Å²) >= 11 is 0. The average Bonchev–Trinajstić information content (AvgIpc) is 2.73. The van der Waals surface area contributed by atoms with E-state index in [4.69, 9.17) is 9.47 Å². The van der Waals surface area contributed by atoms with Crippen LogP contribution in [0.2, 0.25) is 0 Å². The van der Waals surface area contributed by atoms with Crippen LogP contribution in [-0.4, -0.2) is 19.1 Å². The molecule has 0 aliphatic heterocycles. The second-order valence-corrected chi connectivity index (χ2v) is 6.65. The summed E-state index contributed by atoms with van der Waals surface area (Å²) in [4.78, 5) is 12.3. The van der Waals surface area contributed by atoms with E-state index in [0.717, 1.165) is 30.4 Å². The maximum absolute atomic E-state index is 13.0. The summed E-state index contributed by atoms with van der Waals surface area (Å²) in [5.74, 6) is 0.0648. The van der Waals surface area contributed by atoms with Crippen LogP contribution >= 0.6 is 0 Å². The third-order valence-corrected chi connectivity index (χ3v) is 4.63. The lowest BCUT2D eigenvalue weighted by molar-refractivity contribution is -0.111. The van der Waals surface area contributed by atoms with Crippen LogP contribution in [0.15, 0.2) is 72.3 Å². The Morgan fingerprint density at radius 3 is 2.71 bits per heavy atom. The number of para-hydroxylation sites is 2. The van der Waals surface area contributed by atoms with Crippen molar-refractivity contribution in [2.45, 2.75) is 32.0 Å². The lowest BCUT2D eigenvalue weighted by atomic mass is 9.97. The van der Waals surface area contributed by atoms with E-state index in [1.807, 2.05) is 18.2 Å². The van der Waals surface area contributed by atoms with Gasteiger partial charge in [-0.15, -0.1) is 0 Å². The van der Waals surface area contributed by atoms with Crippen molar-refractivity contribution >= 4 is 11.6 Å². The minimum Gasteiger partial charge on any atom is -0.487 e. The molecule has 0 fully saturated rings. The molecule has 1 amide bonds. The fourth-order valence-corrected chi connectivity index (χ4v) is 2.99. The number of allylic oxidation sites excluding steroid dienone is 2. The highest BCUT2D eigenvalue weighted by Crippen LogP contribution is 2.25. The first-order chi connectivity index (χ1) is 13.6. The monoisotopic (exact) mass is 381 g/mol. The molecule has 3 rings (SSSR count). The first kappa shape index (κ1) is 19.8. The van der Waals surface area contributed by atoms with Gasteiger partial charge >= 0.3 is 0 Å². The number of ether oxygens (including phenoxy) is 2. The molecule has 146 valence electrons. The molecule has 5 heteroatoms. The van der Waals surface area contributed by atoms with Gasteiger partial charge in [-0.05, 0) is 49.1 Å². The molecule has 28 heavy (non-hydrogen) atoms. The van der Waals surface area contributed by atoms with Crippen LogP contribution in [-0.2, 0) is 16.1 Å². The molecule has 0 saturated carbocycles. The molecule has 1 aliphatic rings. The maximum atomic E-state index is 13.0. The number of benzene rings is 2. The number of rotatable bonds is 7. The first-order valence-electron chi connectivity index (χ1n) is 9.31. The lowest BCUT2D eigenvalue weighted by Crippen LogP contribution is -2.13. The fourth-order valence-electron chi connectivity index (χ4n) is 2.99. The minimum atomic E-state index is -0.283. The van der Waals surface area contributed by atoms with Gasteiger partial charge in [0.25, 0.3) is 0 Å². The molecule has 1 aliphatic carbocycles. The molecule has 4 nitrogen and oxygen atoms in total. The van der Waals surface area contributed by atoms with Crippen molar-refractivity contribution in [1.82, 2.24) is 0 Å². The Morgan fingerprint density at radius 1 is 1.21 bits per heavy atom. The molecular formula is C23H24FNO3. The van der Waals surface area contributed by atoms with Gasteiger partial charge in [0, 0.05) is 13.2 Å². The topological polar surface area (TPSA) is 47.6 Å². The highest BCUT2D eigenvalue weighted by molar-refractivity contribution is 6.00. The van der Waals surface area contributed by atoms with Crippen LogP contribution in [0.4, 0.5) is 10.1 Å². The van der Waals surface area contributed by atoms with E-state index < -0.39 is 0 Å². The Labute approximate surface area is 164 Å². The third-order valence-electron chi connectivity index (χ3n) is 4.63. The summed E-state index contributed by atoms with van der Waals surface area (Å²) in [6, 6.07) is 13.4. The van der Waals surface area contributed by atoms with Crippen LogP contribution in [0.3, 0.4) is 0 Å². The van der Waals surface area contributed by atoms with Crippen LogP contribution in [0, 0.1) is 5.82 Å². The zero-order valence-corrected chi connectivity index (χ0v) is 15.9. The van der Waals surface area contributed by atoms with Crippen LogP contribution in [0.1, 0.15) is 24.8 Å². The smallest absolute Gasteiger partial charge is 0.248 e. The zero-order chi connectivity index (χ0) is 19.8. The molecule has 1 atom stereocenters. The zero-order valence-electron chi connectivity index (χ0n) is 15.9. The van der Waals surface area contributed by atoms with E-state index in [-0.39, 0.29) is 24.4 Å². The molecule has 2 aromatic rings. The Hall–Kier alpha value is -2.92. The van der Waals surface area contributed by atoms with Crippen LogP contribution in [0.5, 0.6) is 5.75 Å². The minimum absolute atomic E-state index is 0.215. The Bertz CT molecular complexity index is 858. The van der Waals surface area contributed by atoms with Crippen molar-refractivity contribution in [2.75, 3.05) is 12.4 Å². The standard InChI is InChI=1S/C23H24FNO3/c1-27-20-13-8-17(9-14-20)10-15-23(26)25-21-4-2-3-5-22(21)28-16-18-6-11-19(24)12-7-18/h2-8,10-12,15,20H,9,13-14,16H2,1H3,(H,25,26)/b15-10+. The Morgan fingerprint density at radius 2 is 2.00 bits per heavy atom. The number of methoxy groups -OCH3 is 1. The number of amides is 1. The summed E-state index contributed by atoms with van der Waals surface area (Å²) in [5.41, 5.74) is 2.58.